The highest BCUT2D eigenvalue weighted by Gasteiger charge is 2.05. The van der Waals surface area contributed by atoms with Gasteiger partial charge in [-0.1, -0.05) is 6.92 Å². The summed E-state index contributed by atoms with van der Waals surface area (Å²) in [6.45, 7) is 6.72. The monoisotopic (exact) mass is 247 g/mol. The Hall–Kier alpha value is -2.11. The molecule has 2 heterocycles. The van der Waals surface area contributed by atoms with E-state index in [0.717, 1.165) is 24.5 Å². The number of aromatic nitrogens is 4. The molecule has 2 aromatic rings. The zero-order valence-corrected chi connectivity index (χ0v) is 10.8. The third kappa shape index (κ3) is 3.19. The quantitative estimate of drug-likeness (QED) is 0.848. The Morgan fingerprint density at radius 2 is 2.06 bits per heavy atom. The Bertz CT molecular complexity index is 523. The molecule has 0 aliphatic heterocycles. The summed E-state index contributed by atoms with van der Waals surface area (Å²) in [7, 11) is 0. The fraction of sp³-hybridized carbons (Fsp3) is 0.417. The van der Waals surface area contributed by atoms with Crippen molar-refractivity contribution in [1.29, 1.82) is 0 Å². The van der Waals surface area contributed by atoms with Gasteiger partial charge in [0.1, 0.15) is 11.6 Å². The summed E-state index contributed by atoms with van der Waals surface area (Å²) in [5.74, 6) is 2.43. The number of hydrogen-bond acceptors (Lipinski definition) is 5. The van der Waals surface area contributed by atoms with Crippen LogP contribution in [-0.2, 0) is 0 Å². The summed E-state index contributed by atoms with van der Waals surface area (Å²) >= 11 is 0. The van der Waals surface area contributed by atoms with Gasteiger partial charge in [0, 0.05) is 24.4 Å². The van der Waals surface area contributed by atoms with Crippen molar-refractivity contribution in [1.82, 2.24) is 20.2 Å². The van der Waals surface area contributed by atoms with Crippen LogP contribution in [0.1, 0.15) is 24.9 Å². The topological polar surface area (TPSA) is 75.7 Å². The maximum atomic E-state index is 5.57. The van der Waals surface area contributed by atoms with Crippen molar-refractivity contribution in [2.45, 2.75) is 27.2 Å². The number of aromatic amines is 1. The lowest BCUT2D eigenvalue weighted by Crippen LogP contribution is -2.04. The first kappa shape index (κ1) is 12.3. The Morgan fingerprint density at radius 1 is 1.22 bits per heavy atom. The van der Waals surface area contributed by atoms with E-state index in [2.05, 4.69) is 32.4 Å². The normalized spacial score (nSPS) is 10.4. The molecule has 0 aromatic carbocycles. The van der Waals surface area contributed by atoms with Crippen LogP contribution < -0.4 is 10.1 Å². The van der Waals surface area contributed by atoms with Crippen LogP contribution in [0.3, 0.4) is 0 Å². The zero-order chi connectivity index (χ0) is 13.0. The van der Waals surface area contributed by atoms with Gasteiger partial charge in [0.05, 0.1) is 0 Å². The van der Waals surface area contributed by atoms with Gasteiger partial charge in [0.25, 0.3) is 0 Å². The molecular formula is C12H17N5O. The second-order valence-electron chi connectivity index (χ2n) is 4.06. The van der Waals surface area contributed by atoms with E-state index < -0.39 is 0 Å². The molecule has 0 aliphatic carbocycles. The second kappa shape index (κ2) is 5.48. The van der Waals surface area contributed by atoms with Crippen molar-refractivity contribution in [2.24, 2.45) is 0 Å². The number of hydrogen-bond donors (Lipinski definition) is 2. The van der Waals surface area contributed by atoms with Crippen molar-refractivity contribution in [2.75, 3.05) is 11.9 Å². The Labute approximate surface area is 106 Å². The van der Waals surface area contributed by atoms with E-state index in [9.17, 15) is 0 Å². The van der Waals surface area contributed by atoms with Gasteiger partial charge in [-0.25, -0.2) is 4.98 Å². The van der Waals surface area contributed by atoms with Crippen molar-refractivity contribution in [3.8, 4) is 11.8 Å². The number of aryl methyl sites for hydroxylation is 2. The van der Waals surface area contributed by atoms with E-state index in [-0.39, 0.29) is 0 Å². The van der Waals surface area contributed by atoms with Gasteiger partial charge in [-0.15, -0.1) is 5.10 Å². The molecule has 0 spiro atoms. The minimum atomic E-state index is 0.493. The van der Waals surface area contributed by atoms with Gasteiger partial charge in [-0.05, 0) is 20.3 Å². The number of anilines is 1. The number of nitrogens with zero attached hydrogens (tertiary/aromatic N) is 3. The summed E-state index contributed by atoms with van der Waals surface area (Å²) in [4.78, 5) is 8.51. The smallest absolute Gasteiger partial charge is 0.240 e. The fourth-order valence-electron chi connectivity index (χ4n) is 1.49. The van der Waals surface area contributed by atoms with Crippen molar-refractivity contribution < 1.29 is 4.74 Å². The van der Waals surface area contributed by atoms with Crippen LogP contribution in [0.4, 0.5) is 5.82 Å². The third-order valence-corrected chi connectivity index (χ3v) is 2.26. The van der Waals surface area contributed by atoms with Crippen LogP contribution in [-0.4, -0.2) is 26.7 Å². The summed E-state index contributed by atoms with van der Waals surface area (Å²) < 4.78 is 5.57. The van der Waals surface area contributed by atoms with E-state index in [4.69, 9.17) is 4.74 Å². The van der Waals surface area contributed by atoms with Crippen LogP contribution in [0.15, 0.2) is 12.1 Å². The maximum Gasteiger partial charge on any atom is 0.240 e. The van der Waals surface area contributed by atoms with E-state index in [1.54, 1.807) is 6.07 Å². The van der Waals surface area contributed by atoms with Crippen LogP contribution in [0, 0.1) is 13.8 Å². The van der Waals surface area contributed by atoms with Crippen LogP contribution in [0.25, 0.3) is 0 Å². The molecule has 2 aromatic heterocycles. The highest BCUT2D eigenvalue weighted by Crippen LogP contribution is 2.20. The summed E-state index contributed by atoms with van der Waals surface area (Å²) in [5, 5.41) is 10.0. The molecule has 2 rings (SSSR count). The molecule has 0 fully saturated rings. The third-order valence-electron chi connectivity index (χ3n) is 2.26. The van der Waals surface area contributed by atoms with Gasteiger partial charge in [-0.2, -0.15) is 4.98 Å². The molecule has 0 aliphatic rings. The molecule has 2 N–H and O–H groups in total. The van der Waals surface area contributed by atoms with Gasteiger partial charge >= 0.3 is 0 Å². The molecule has 0 saturated heterocycles. The second-order valence-corrected chi connectivity index (χ2v) is 4.06. The Balaban J connectivity index is 2.14. The summed E-state index contributed by atoms with van der Waals surface area (Å²) in [5.41, 5.74) is 0.945. The SMILES string of the molecule is CCCNc1cc(Oc2cc(C)[nH]n2)nc(C)n1. The van der Waals surface area contributed by atoms with Crippen LogP contribution in [0.2, 0.25) is 0 Å². The Morgan fingerprint density at radius 3 is 2.72 bits per heavy atom. The number of rotatable bonds is 5. The maximum absolute atomic E-state index is 5.57. The van der Waals surface area contributed by atoms with Gasteiger partial charge in [0.15, 0.2) is 0 Å². The van der Waals surface area contributed by atoms with Crippen molar-refractivity contribution in [3.05, 3.63) is 23.7 Å². The minimum absolute atomic E-state index is 0.493. The lowest BCUT2D eigenvalue weighted by atomic mass is 10.4. The highest BCUT2D eigenvalue weighted by molar-refractivity contribution is 5.39. The average Bonchev–Trinajstić information content (AvgIpc) is 2.71. The first-order chi connectivity index (χ1) is 8.67. The molecule has 6 heteroatoms. The first-order valence-corrected chi connectivity index (χ1v) is 5.97. The number of H-pyrrole nitrogens is 1. The average molecular weight is 247 g/mol. The van der Waals surface area contributed by atoms with Crippen molar-refractivity contribution in [3.63, 3.8) is 0 Å². The van der Waals surface area contributed by atoms with Crippen LogP contribution >= 0.6 is 0 Å². The molecule has 0 unspecified atom stereocenters. The number of nitrogens with one attached hydrogen (secondary N) is 2. The fourth-order valence-corrected chi connectivity index (χ4v) is 1.49. The van der Waals surface area contributed by atoms with Crippen molar-refractivity contribution >= 4 is 5.82 Å². The highest BCUT2D eigenvalue weighted by atomic mass is 16.5. The standard InChI is InChI=1S/C12H17N5O/c1-4-5-13-10-7-11(15-9(3)14-10)18-12-6-8(2)16-17-12/h6-7H,4-5H2,1-3H3,(H,16,17)(H,13,14,15). The zero-order valence-electron chi connectivity index (χ0n) is 10.8. The molecule has 0 bridgehead atoms. The molecule has 18 heavy (non-hydrogen) atoms. The van der Waals surface area contributed by atoms with E-state index in [0.29, 0.717) is 17.6 Å². The van der Waals surface area contributed by atoms with Gasteiger partial charge in [0.2, 0.25) is 11.8 Å². The molecule has 0 radical (unpaired) electrons. The predicted molar refractivity (Wildman–Crippen MR) is 68.9 cm³/mol. The predicted octanol–water partition coefficient (Wildman–Crippen LogP) is 2.43. The van der Waals surface area contributed by atoms with Gasteiger partial charge in [-0.3, -0.25) is 5.10 Å². The largest absolute Gasteiger partial charge is 0.419 e. The van der Waals surface area contributed by atoms with E-state index >= 15 is 0 Å². The molecule has 0 amide bonds. The number of ether oxygens (including phenoxy) is 1. The molecule has 96 valence electrons. The summed E-state index contributed by atoms with van der Waals surface area (Å²) in [6.07, 6.45) is 1.04. The first-order valence-electron chi connectivity index (χ1n) is 5.97. The Kier molecular flexibility index (Phi) is 3.76. The molecule has 6 nitrogen and oxygen atoms in total. The van der Waals surface area contributed by atoms with Crippen LogP contribution in [0.5, 0.6) is 11.8 Å². The summed E-state index contributed by atoms with van der Waals surface area (Å²) in [6, 6.07) is 3.59. The lowest BCUT2D eigenvalue weighted by Gasteiger charge is -2.07. The lowest BCUT2D eigenvalue weighted by molar-refractivity contribution is 0.441. The van der Waals surface area contributed by atoms with Gasteiger partial charge < -0.3 is 10.1 Å². The van der Waals surface area contributed by atoms with E-state index in [1.165, 1.54) is 0 Å². The molecule has 0 saturated carbocycles. The van der Waals surface area contributed by atoms with E-state index in [1.807, 2.05) is 19.9 Å². The molecule has 0 atom stereocenters. The molecular weight excluding hydrogens is 230 g/mol. The minimum Gasteiger partial charge on any atom is -0.419 e.